The van der Waals surface area contributed by atoms with E-state index < -0.39 is 12.1 Å². The van der Waals surface area contributed by atoms with Gasteiger partial charge in [0.2, 0.25) is 0 Å². The first-order valence-electron chi connectivity index (χ1n) is 6.08. The van der Waals surface area contributed by atoms with Crippen LogP contribution in [-0.4, -0.2) is 24.2 Å². The molecule has 0 bridgehead atoms. The Bertz CT molecular complexity index is 386. The molecule has 1 aliphatic rings. The van der Waals surface area contributed by atoms with Crippen LogP contribution >= 0.6 is 0 Å². The molecular formula is C13H17F3N2. The summed E-state index contributed by atoms with van der Waals surface area (Å²) in [7, 11) is 0. The molecule has 1 unspecified atom stereocenters. The zero-order chi connectivity index (χ0) is 13.2. The van der Waals surface area contributed by atoms with E-state index in [1.165, 1.54) is 0 Å². The first kappa shape index (κ1) is 13.2. The summed E-state index contributed by atoms with van der Waals surface area (Å²) >= 11 is 0. The molecule has 1 saturated heterocycles. The van der Waals surface area contributed by atoms with Crippen LogP contribution in [0.5, 0.6) is 0 Å². The minimum atomic E-state index is -4.07. The topological polar surface area (TPSA) is 29.3 Å². The number of benzene rings is 1. The molecular weight excluding hydrogens is 241 g/mol. The van der Waals surface area contributed by atoms with Crippen molar-refractivity contribution in [3.05, 3.63) is 29.8 Å². The first-order chi connectivity index (χ1) is 8.45. The van der Waals surface area contributed by atoms with Gasteiger partial charge in [0.05, 0.1) is 5.92 Å². The third kappa shape index (κ3) is 3.38. The van der Waals surface area contributed by atoms with Crippen LogP contribution in [0.1, 0.15) is 18.4 Å². The summed E-state index contributed by atoms with van der Waals surface area (Å²) in [4.78, 5) is 1.87. The van der Waals surface area contributed by atoms with Crippen LogP contribution in [0.2, 0.25) is 0 Å². The number of nitrogen functional groups attached to an aromatic ring is 1. The second kappa shape index (κ2) is 5.18. The van der Waals surface area contributed by atoms with Crippen molar-refractivity contribution in [2.45, 2.75) is 25.6 Å². The summed E-state index contributed by atoms with van der Waals surface area (Å²) in [5.74, 6) is -1.18. The molecule has 2 nitrogen and oxygen atoms in total. The van der Waals surface area contributed by atoms with Crippen LogP contribution in [0, 0.1) is 5.92 Å². The van der Waals surface area contributed by atoms with Gasteiger partial charge in [0.25, 0.3) is 0 Å². The van der Waals surface area contributed by atoms with Crippen molar-refractivity contribution < 1.29 is 13.2 Å². The molecule has 0 aromatic heterocycles. The number of nitrogens with two attached hydrogens (primary N) is 1. The molecule has 1 fully saturated rings. The van der Waals surface area contributed by atoms with E-state index >= 15 is 0 Å². The van der Waals surface area contributed by atoms with Gasteiger partial charge in [-0.1, -0.05) is 12.1 Å². The second-order valence-electron chi connectivity index (χ2n) is 4.86. The molecule has 0 saturated carbocycles. The smallest absolute Gasteiger partial charge is 0.393 e. The fraction of sp³-hybridized carbons (Fsp3) is 0.538. The number of hydrogen-bond donors (Lipinski definition) is 1. The summed E-state index contributed by atoms with van der Waals surface area (Å²) in [6.45, 7) is 1.40. The monoisotopic (exact) mass is 258 g/mol. The summed E-state index contributed by atoms with van der Waals surface area (Å²) in [5, 5.41) is 0. The Morgan fingerprint density at radius 3 is 2.50 bits per heavy atom. The Hall–Kier alpha value is -1.23. The highest BCUT2D eigenvalue weighted by Crippen LogP contribution is 2.33. The molecule has 1 aromatic rings. The van der Waals surface area contributed by atoms with E-state index in [2.05, 4.69) is 0 Å². The largest absolute Gasteiger partial charge is 0.399 e. The van der Waals surface area contributed by atoms with E-state index in [4.69, 9.17) is 5.73 Å². The number of likely N-dealkylation sites (tertiary alicyclic amines) is 1. The molecule has 100 valence electrons. The molecule has 2 N–H and O–H groups in total. The highest BCUT2D eigenvalue weighted by molar-refractivity contribution is 5.39. The van der Waals surface area contributed by atoms with Gasteiger partial charge in [-0.2, -0.15) is 13.2 Å². The van der Waals surface area contributed by atoms with Crippen molar-refractivity contribution in [1.82, 2.24) is 4.90 Å². The molecule has 0 aliphatic carbocycles. The van der Waals surface area contributed by atoms with Gasteiger partial charge >= 0.3 is 6.18 Å². The van der Waals surface area contributed by atoms with Crippen LogP contribution in [0.4, 0.5) is 18.9 Å². The number of anilines is 1. The van der Waals surface area contributed by atoms with Gasteiger partial charge in [-0.15, -0.1) is 0 Å². The van der Waals surface area contributed by atoms with E-state index in [9.17, 15) is 13.2 Å². The van der Waals surface area contributed by atoms with Crippen molar-refractivity contribution in [3.8, 4) is 0 Å². The number of piperidine rings is 1. The molecule has 5 heteroatoms. The van der Waals surface area contributed by atoms with Gasteiger partial charge in [0.1, 0.15) is 0 Å². The lowest BCUT2D eigenvalue weighted by atomic mass is 9.97. The van der Waals surface area contributed by atoms with Gasteiger partial charge in [0.15, 0.2) is 0 Å². The normalized spacial score (nSPS) is 22.1. The highest BCUT2D eigenvalue weighted by atomic mass is 19.4. The molecule has 1 aromatic carbocycles. The molecule has 0 radical (unpaired) electrons. The van der Waals surface area contributed by atoms with Crippen molar-refractivity contribution in [2.24, 2.45) is 5.92 Å². The van der Waals surface area contributed by atoms with Crippen LogP contribution in [0.3, 0.4) is 0 Å². The zero-order valence-corrected chi connectivity index (χ0v) is 10.1. The minimum absolute atomic E-state index is 0.105. The molecule has 2 rings (SSSR count). The number of rotatable bonds is 2. The van der Waals surface area contributed by atoms with Crippen LogP contribution < -0.4 is 5.73 Å². The SMILES string of the molecule is Nc1ccc(CN2CCCC(C(F)(F)F)C2)cc1. The Morgan fingerprint density at radius 1 is 1.22 bits per heavy atom. The van der Waals surface area contributed by atoms with Gasteiger partial charge < -0.3 is 5.73 Å². The zero-order valence-electron chi connectivity index (χ0n) is 10.1. The van der Waals surface area contributed by atoms with Crippen LogP contribution in [0.15, 0.2) is 24.3 Å². The van der Waals surface area contributed by atoms with Crippen molar-refractivity contribution in [3.63, 3.8) is 0 Å². The molecule has 1 atom stereocenters. The lowest BCUT2D eigenvalue weighted by Crippen LogP contribution is -2.41. The average Bonchev–Trinajstić information content (AvgIpc) is 2.31. The first-order valence-corrected chi connectivity index (χ1v) is 6.08. The highest BCUT2D eigenvalue weighted by Gasteiger charge is 2.41. The number of hydrogen-bond acceptors (Lipinski definition) is 2. The van der Waals surface area contributed by atoms with Gasteiger partial charge in [0, 0.05) is 18.8 Å². The third-order valence-corrected chi connectivity index (χ3v) is 3.35. The predicted octanol–water partition coefficient (Wildman–Crippen LogP) is 3.04. The quantitative estimate of drug-likeness (QED) is 0.826. The summed E-state index contributed by atoms with van der Waals surface area (Å²) in [6.07, 6.45) is -3.21. The lowest BCUT2D eigenvalue weighted by Gasteiger charge is -2.33. The third-order valence-electron chi connectivity index (χ3n) is 3.35. The minimum Gasteiger partial charge on any atom is -0.399 e. The second-order valence-corrected chi connectivity index (χ2v) is 4.86. The predicted molar refractivity (Wildman–Crippen MR) is 64.9 cm³/mol. The van der Waals surface area contributed by atoms with E-state index in [0.29, 0.717) is 18.7 Å². The Labute approximate surface area is 105 Å². The number of alkyl halides is 3. The molecule has 1 aliphatic heterocycles. The lowest BCUT2D eigenvalue weighted by molar-refractivity contribution is -0.187. The maximum atomic E-state index is 12.7. The van der Waals surface area contributed by atoms with Crippen LogP contribution in [-0.2, 0) is 6.54 Å². The molecule has 18 heavy (non-hydrogen) atoms. The maximum Gasteiger partial charge on any atom is 0.393 e. The van der Waals surface area contributed by atoms with E-state index in [1.54, 1.807) is 12.1 Å². The summed E-state index contributed by atoms with van der Waals surface area (Å²) in [5.41, 5.74) is 7.25. The van der Waals surface area contributed by atoms with Crippen molar-refractivity contribution in [2.75, 3.05) is 18.8 Å². The van der Waals surface area contributed by atoms with Gasteiger partial charge in [-0.05, 0) is 37.1 Å². The maximum absolute atomic E-state index is 12.7. The summed E-state index contributed by atoms with van der Waals surface area (Å²) < 4.78 is 38.0. The van der Waals surface area contributed by atoms with E-state index in [-0.39, 0.29) is 13.0 Å². The molecule has 0 amide bonds. The standard InChI is InChI=1S/C13H17F3N2/c14-13(15,16)11-2-1-7-18(9-11)8-10-3-5-12(17)6-4-10/h3-6,11H,1-2,7-9,17H2. The number of halogens is 3. The fourth-order valence-electron chi connectivity index (χ4n) is 2.35. The van der Waals surface area contributed by atoms with Crippen LogP contribution in [0.25, 0.3) is 0 Å². The molecule has 1 heterocycles. The van der Waals surface area contributed by atoms with E-state index in [0.717, 1.165) is 12.1 Å². The molecule has 0 spiro atoms. The van der Waals surface area contributed by atoms with Crippen molar-refractivity contribution >= 4 is 5.69 Å². The van der Waals surface area contributed by atoms with Gasteiger partial charge in [-0.25, -0.2) is 0 Å². The summed E-state index contributed by atoms with van der Waals surface area (Å²) in [6, 6.07) is 7.29. The van der Waals surface area contributed by atoms with E-state index in [1.807, 2.05) is 17.0 Å². The van der Waals surface area contributed by atoms with Crippen molar-refractivity contribution in [1.29, 1.82) is 0 Å². The van der Waals surface area contributed by atoms with Gasteiger partial charge in [-0.3, -0.25) is 4.90 Å². The number of nitrogens with zero attached hydrogens (tertiary/aromatic N) is 1. The average molecular weight is 258 g/mol. The Morgan fingerprint density at radius 2 is 1.89 bits per heavy atom. The Kier molecular flexibility index (Phi) is 3.80. The Balaban J connectivity index is 1.95. The fourth-order valence-corrected chi connectivity index (χ4v) is 2.35.